The molecule has 126 valence electrons. The molecule has 1 saturated heterocycles. The van der Waals surface area contributed by atoms with Crippen molar-refractivity contribution in [3.05, 3.63) is 35.4 Å². The average Bonchev–Trinajstić information content (AvgIpc) is 2.77. The van der Waals surface area contributed by atoms with E-state index in [2.05, 4.69) is 5.32 Å². The third-order valence-electron chi connectivity index (χ3n) is 5.35. The van der Waals surface area contributed by atoms with Crippen molar-refractivity contribution in [3.8, 4) is 0 Å². The largest absolute Gasteiger partial charge is 0.307 e. The fourth-order valence-corrected chi connectivity index (χ4v) is 4.05. The topological polar surface area (TPSA) is 29.1 Å². The Morgan fingerprint density at radius 1 is 1.00 bits per heavy atom. The van der Waals surface area contributed by atoms with E-state index >= 15 is 0 Å². The minimum absolute atomic E-state index is 0.0762. The molecule has 3 rings (SSSR count). The molecule has 1 saturated carbocycles. The summed E-state index contributed by atoms with van der Waals surface area (Å²) in [5.41, 5.74) is 0.580. The maximum atomic E-state index is 13.4. The molecule has 0 bridgehead atoms. The molecule has 2 atom stereocenters. The Morgan fingerprint density at radius 2 is 1.65 bits per heavy atom. The number of carbonyl (C=O) groups excluding carboxylic acids is 1. The van der Waals surface area contributed by atoms with Gasteiger partial charge in [0, 0.05) is 24.9 Å². The van der Waals surface area contributed by atoms with Crippen LogP contribution in [-0.4, -0.2) is 18.4 Å². The number of piperidine rings is 1. The fraction of sp³-hybridized carbons (Fsp3) is 0.632. The lowest BCUT2D eigenvalue weighted by molar-refractivity contribution is -0.123. The van der Waals surface area contributed by atoms with Crippen molar-refractivity contribution >= 4 is 5.78 Å². The van der Waals surface area contributed by atoms with Gasteiger partial charge in [-0.1, -0.05) is 38.5 Å². The molecule has 2 nitrogen and oxygen atoms in total. The van der Waals surface area contributed by atoms with Crippen LogP contribution in [0.2, 0.25) is 0 Å². The van der Waals surface area contributed by atoms with Crippen molar-refractivity contribution in [3.63, 3.8) is 0 Å². The first-order valence-electron chi connectivity index (χ1n) is 8.84. The van der Waals surface area contributed by atoms with Gasteiger partial charge in [0.05, 0.1) is 6.04 Å². The van der Waals surface area contributed by atoms with E-state index in [1.54, 1.807) is 0 Å². The van der Waals surface area contributed by atoms with Crippen molar-refractivity contribution in [1.82, 2.24) is 5.32 Å². The second kappa shape index (κ2) is 7.52. The van der Waals surface area contributed by atoms with Crippen molar-refractivity contribution < 1.29 is 13.6 Å². The van der Waals surface area contributed by atoms with Crippen LogP contribution in [0, 0.1) is 17.6 Å². The van der Waals surface area contributed by atoms with Gasteiger partial charge in [-0.3, -0.25) is 4.79 Å². The molecule has 0 aromatic heterocycles. The summed E-state index contributed by atoms with van der Waals surface area (Å²) in [6.45, 7) is 0.617. The zero-order valence-corrected chi connectivity index (χ0v) is 13.5. The van der Waals surface area contributed by atoms with Crippen LogP contribution in [-0.2, 0) is 4.79 Å². The molecular formula is C19H25F2NO. The van der Waals surface area contributed by atoms with Crippen molar-refractivity contribution in [1.29, 1.82) is 0 Å². The number of nitrogens with one attached hydrogen (secondary N) is 1. The minimum Gasteiger partial charge on any atom is -0.307 e. The highest BCUT2D eigenvalue weighted by Gasteiger charge is 2.31. The molecule has 0 spiro atoms. The lowest BCUT2D eigenvalue weighted by atomic mass is 9.83. The van der Waals surface area contributed by atoms with Crippen molar-refractivity contribution in [2.24, 2.45) is 5.92 Å². The zero-order valence-electron chi connectivity index (χ0n) is 13.5. The van der Waals surface area contributed by atoms with Crippen molar-refractivity contribution in [2.75, 3.05) is 6.54 Å². The summed E-state index contributed by atoms with van der Waals surface area (Å²) in [6.07, 6.45) is 8.93. The van der Waals surface area contributed by atoms with E-state index in [9.17, 15) is 13.6 Å². The van der Waals surface area contributed by atoms with E-state index in [4.69, 9.17) is 0 Å². The van der Waals surface area contributed by atoms with Crippen molar-refractivity contribution in [2.45, 2.75) is 63.3 Å². The summed E-state index contributed by atoms with van der Waals surface area (Å²) in [7, 11) is 0. The summed E-state index contributed by atoms with van der Waals surface area (Å²) in [5, 5.41) is 3.33. The number of Topliss-reactive ketones (excluding diaryl/α,β-unsaturated/α-hetero) is 1. The SMILES string of the molecule is O=C1CC(c2cc(F)cc(F)c2)CN[C@H]1CC1CCCCCC1. The first-order chi connectivity index (χ1) is 11.1. The predicted octanol–water partition coefficient (Wildman–Crippen LogP) is 4.34. The third kappa shape index (κ3) is 4.37. The molecule has 0 radical (unpaired) electrons. The van der Waals surface area contributed by atoms with Gasteiger partial charge >= 0.3 is 0 Å². The monoisotopic (exact) mass is 321 g/mol. The van der Waals surface area contributed by atoms with Crippen LogP contribution >= 0.6 is 0 Å². The van der Waals surface area contributed by atoms with Gasteiger partial charge in [0.25, 0.3) is 0 Å². The predicted molar refractivity (Wildman–Crippen MR) is 86.3 cm³/mol. The fourth-order valence-electron chi connectivity index (χ4n) is 4.05. The molecule has 1 aliphatic heterocycles. The Kier molecular flexibility index (Phi) is 5.42. The minimum atomic E-state index is -0.576. The van der Waals surface area contributed by atoms with Crippen LogP contribution in [0.1, 0.15) is 62.8 Å². The normalized spacial score (nSPS) is 27.0. The standard InChI is InChI=1S/C19H25F2NO/c20-16-8-14(9-17(21)11-16)15-10-19(23)18(22-12-15)7-13-5-3-1-2-4-6-13/h8-9,11,13,15,18,22H,1-7,10,12H2/t15?,18-/m0/s1. The van der Waals surface area contributed by atoms with Gasteiger partial charge in [0.15, 0.2) is 0 Å². The van der Waals surface area contributed by atoms with E-state index in [1.165, 1.54) is 50.7 Å². The van der Waals surface area contributed by atoms with Crippen LogP contribution in [0.4, 0.5) is 8.78 Å². The van der Waals surface area contributed by atoms with Crippen LogP contribution in [0.3, 0.4) is 0 Å². The smallest absolute Gasteiger partial charge is 0.150 e. The first kappa shape index (κ1) is 16.6. The summed E-state index contributed by atoms with van der Waals surface area (Å²) in [6, 6.07) is 3.48. The van der Waals surface area contributed by atoms with Gasteiger partial charge in [0.2, 0.25) is 0 Å². The zero-order chi connectivity index (χ0) is 16.2. The first-order valence-corrected chi connectivity index (χ1v) is 8.84. The number of carbonyl (C=O) groups is 1. The van der Waals surface area contributed by atoms with Gasteiger partial charge in [-0.2, -0.15) is 0 Å². The Morgan fingerprint density at radius 3 is 2.26 bits per heavy atom. The summed E-state index contributed by atoms with van der Waals surface area (Å²) in [4.78, 5) is 12.5. The average molecular weight is 321 g/mol. The summed E-state index contributed by atoms with van der Waals surface area (Å²) >= 11 is 0. The Labute approximate surface area is 136 Å². The number of benzene rings is 1. The van der Waals surface area contributed by atoms with Crippen LogP contribution in [0.5, 0.6) is 0 Å². The van der Waals surface area contributed by atoms with E-state index in [0.29, 0.717) is 24.4 Å². The highest BCUT2D eigenvalue weighted by atomic mass is 19.1. The molecule has 1 unspecified atom stereocenters. The van der Waals surface area contributed by atoms with Gasteiger partial charge < -0.3 is 5.32 Å². The third-order valence-corrected chi connectivity index (χ3v) is 5.35. The molecular weight excluding hydrogens is 296 g/mol. The molecule has 1 aromatic carbocycles. The summed E-state index contributed by atoms with van der Waals surface area (Å²) < 4.78 is 26.7. The van der Waals surface area contributed by atoms with Crippen LogP contribution < -0.4 is 5.32 Å². The molecule has 0 amide bonds. The van der Waals surface area contributed by atoms with Gasteiger partial charge in [-0.05, 0) is 30.0 Å². The highest BCUT2D eigenvalue weighted by molar-refractivity contribution is 5.85. The lowest BCUT2D eigenvalue weighted by Gasteiger charge is -2.31. The maximum absolute atomic E-state index is 13.4. The Balaban J connectivity index is 1.59. The lowest BCUT2D eigenvalue weighted by Crippen LogP contribution is -2.46. The van der Waals surface area contributed by atoms with Crippen LogP contribution in [0.15, 0.2) is 18.2 Å². The quantitative estimate of drug-likeness (QED) is 0.839. The molecule has 1 heterocycles. The molecule has 4 heteroatoms. The highest BCUT2D eigenvalue weighted by Crippen LogP contribution is 2.30. The van der Waals surface area contributed by atoms with Gasteiger partial charge in [-0.25, -0.2) is 8.78 Å². The Bertz CT molecular complexity index is 532. The van der Waals surface area contributed by atoms with E-state index in [0.717, 1.165) is 12.5 Å². The molecule has 1 aromatic rings. The van der Waals surface area contributed by atoms with E-state index in [1.807, 2.05) is 0 Å². The molecule has 2 aliphatic rings. The van der Waals surface area contributed by atoms with Gasteiger partial charge in [-0.15, -0.1) is 0 Å². The number of hydrogen-bond donors (Lipinski definition) is 1. The van der Waals surface area contributed by atoms with Crippen LogP contribution in [0.25, 0.3) is 0 Å². The molecule has 2 fully saturated rings. The summed E-state index contributed by atoms with van der Waals surface area (Å²) in [5.74, 6) is -0.448. The molecule has 1 aliphatic carbocycles. The number of hydrogen-bond acceptors (Lipinski definition) is 2. The van der Waals surface area contributed by atoms with Gasteiger partial charge in [0.1, 0.15) is 17.4 Å². The van der Waals surface area contributed by atoms with E-state index in [-0.39, 0.29) is 17.7 Å². The second-order valence-corrected chi connectivity index (χ2v) is 7.12. The second-order valence-electron chi connectivity index (χ2n) is 7.12. The maximum Gasteiger partial charge on any atom is 0.150 e. The number of ketones is 1. The molecule has 23 heavy (non-hydrogen) atoms. The Hall–Kier alpha value is -1.29. The number of rotatable bonds is 3. The molecule has 1 N–H and O–H groups in total. The van der Waals surface area contributed by atoms with E-state index < -0.39 is 11.6 Å². The number of halogens is 2.